The van der Waals surface area contributed by atoms with E-state index in [4.69, 9.17) is 27.9 Å². The third-order valence-corrected chi connectivity index (χ3v) is 4.48. The number of rotatable bonds is 7. The Kier molecular flexibility index (Phi) is 6.76. The first-order valence-electron chi connectivity index (χ1n) is 8.39. The Morgan fingerprint density at radius 2 is 1.76 bits per heavy atom. The summed E-state index contributed by atoms with van der Waals surface area (Å²) in [6.07, 6.45) is -1.70. The van der Waals surface area contributed by atoms with Crippen molar-refractivity contribution in [3.63, 3.8) is 0 Å². The Hall–Kier alpha value is -2.58. The molecule has 0 atom stereocenters. The van der Waals surface area contributed by atoms with Gasteiger partial charge in [-0.3, -0.25) is 5.32 Å². The van der Waals surface area contributed by atoms with Crippen molar-refractivity contribution in [3.8, 4) is 11.6 Å². The van der Waals surface area contributed by atoms with Gasteiger partial charge in [0.25, 0.3) is 0 Å². The average molecular weight is 442 g/mol. The molecule has 0 spiro atoms. The van der Waals surface area contributed by atoms with E-state index in [1.165, 1.54) is 12.4 Å². The Bertz CT molecular complexity index is 951. The van der Waals surface area contributed by atoms with Crippen LogP contribution in [0.2, 0.25) is 5.02 Å². The topological polar surface area (TPSA) is 62.0 Å². The lowest BCUT2D eigenvalue weighted by molar-refractivity contribution is -0.137. The molecule has 10 heteroatoms. The summed E-state index contributed by atoms with van der Waals surface area (Å²) in [4.78, 5) is 11.7. The number of aromatic nitrogens is 3. The molecule has 0 bridgehead atoms. The lowest BCUT2D eigenvalue weighted by Crippen LogP contribution is -2.07. The van der Waals surface area contributed by atoms with E-state index in [0.29, 0.717) is 35.2 Å². The van der Waals surface area contributed by atoms with Crippen LogP contribution in [-0.4, -0.2) is 21.5 Å². The highest BCUT2D eigenvalue weighted by Gasteiger charge is 2.30. The lowest BCUT2D eigenvalue weighted by Gasteiger charge is -2.09. The molecule has 1 aromatic carbocycles. The van der Waals surface area contributed by atoms with E-state index in [0.717, 1.165) is 17.8 Å². The quantitative estimate of drug-likeness (QED) is 0.450. The van der Waals surface area contributed by atoms with Crippen molar-refractivity contribution >= 4 is 29.0 Å². The SMILES string of the molecule is FC(F)(F)c1ccc(Oc2ccc(CC[N]c3ncnc(CCl)c3Cl)cc2)nc1. The van der Waals surface area contributed by atoms with Crippen molar-refractivity contribution in [2.45, 2.75) is 18.5 Å². The fourth-order valence-corrected chi connectivity index (χ4v) is 2.84. The van der Waals surface area contributed by atoms with Crippen LogP contribution in [0.1, 0.15) is 16.8 Å². The van der Waals surface area contributed by atoms with Crippen LogP contribution in [0.5, 0.6) is 11.6 Å². The number of hydrogen-bond acceptors (Lipinski definition) is 4. The first-order valence-corrected chi connectivity index (χ1v) is 9.31. The van der Waals surface area contributed by atoms with Crippen LogP contribution in [0.4, 0.5) is 19.0 Å². The van der Waals surface area contributed by atoms with Gasteiger partial charge in [0.15, 0.2) is 5.82 Å². The minimum atomic E-state index is -4.43. The van der Waals surface area contributed by atoms with E-state index < -0.39 is 11.7 Å². The van der Waals surface area contributed by atoms with Crippen LogP contribution in [0.3, 0.4) is 0 Å². The van der Waals surface area contributed by atoms with Gasteiger partial charge in [-0.15, -0.1) is 11.6 Å². The first-order chi connectivity index (χ1) is 13.9. The van der Waals surface area contributed by atoms with Crippen LogP contribution in [0, 0.1) is 0 Å². The summed E-state index contributed by atoms with van der Waals surface area (Å²) < 4.78 is 43.1. The Labute approximate surface area is 174 Å². The molecule has 1 radical (unpaired) electrons. The summed E-state index contributed by atoms with van der Waals surface area (Å²) in [6, 6.07) is 9.18. The number of hydrogen-bond donors (Lipinski definition) is 0. The van der Waals surface area contributed by atoms with Gasteiger partial charge >= 0.3 is 6.18 Å². The third-order valence-electron chi connectivity index (χ3n) is 3.84. The van der Waals surface area contributed by atoms with Gasteiger partial charge in [-0.2, -0.15) is 13.2 Å². The molecule has 0 amide bonds. The molecule has 0 saturated carbocycles. The maximum atomic E-state index is 12.6. The molecule has 0 N–H and O–H groups in total. The first kappa shape index (κ1) is 21.1. The van der Waals surface area contributed by atoms with Crippen LogP contribution >= 0.6 is 23.2 Å². The molecular weight excluding hydrogens is 428 g/mol. The number of alkyl halides is 4. The average Bonchev–Trinajstić information content (AvgIpc) is 2.70. The van der Waals surface area contributed by atoms with Gasteiger partial charge in [0, 0.05) is 18.8 Å². The Morgan fingerprint density at radius 3 is 2.38 bits per heavy atom. The van der Waals surface area contributed by atoms with Crippen molar-refractivity contribution < 1.29 is 17.9 Å². The predicted molar refractivity (Wildman–Crippen MR) is 103 cm³/mol. The molecule has 0 fully saturated rings. The third kappa shape index (κ3) is 5.71. The van der Waals surface area contributed by atoms with Gasteiger partial charge in [0.05, 0.1) is 17.1 Å². The zero-order chi connectivity index (χ0) is 20.9. The molecule has 151 valence electrons. The molecular formula is C19H14Cl2F3N4O. The summed E-state index contributed by atoms with van der Waals surface area (Å²) >= 11 is 11.9. The fraction of sp³-hybridized carbons (Fsp3) is 0.211. The second kappa shape index (κ2) is 9.28. The van der Waals surface area contributed by atoms with E-state index in [1.807, 2.05) is 12.1 Å². The molecule has 0 aliphatic rings. The fourth-order valence-electron chi connectivity index (χ4n) is 2.34. The van der Waals surface area contributed by atoms with E-state index >= 15 is 0 Å². The number of nitrogens with zero attached hydrogens (tertiary/aromatic N) is 4. The van der Waals surface area contributed by atoms with Gasteiger partial charge in [0.2, 0.25) is 5.88 Å². The molecule has 3 aromatic rings. The van der Waals surface area contributed by atoms with Crippen molar-refractivity contribution in [1.29, 1.82) is 0 Å². The monoisotopic (exact) mass is 441 g/mol. The maximum absolute atomic E-state index is 12.6. The van der Waals surface area contributed by atoms with E-state index in [9.17, 15) is 13.2 Å². The van der Waals surface area contributed by atoms with Crippen molar-refractivity contribution in [1.82, 2.24) is 20.3 Å². The molecule has 2 heterocycles. The van der Waals surface area contributed by atoms with E-state index in [1.54, 1.807) is 12.1 Å². The van der Waals surface area contributed by atoms with Crippen LogP contribution in [0.25, 0.3) is 0 Å². The van der Waals surface area contributed by atoms with Crippen LogP contribution in [0.15, 0.2) is 48.9 Å². The van der Waals surface area contributed by atoms with Crippen LogP contribution < -0.4 is 10.1 Å². The highest BCUT2D eigenvalue weighted by atomic mass is 35.5. The number of pyridine rings is 1. The number of benzene rings is 1. The molecule has 2 aromatic heterocycles. The molecule has 0 aliphatic heterocycles. The molecule has 0 aliphatic carbocycles. The Morgan fingerprint density at radius 1 is 1.00 bits per heavy atom. The number of ether oxygens (including phenoxy) is 1. The van der Waals surface area contributed by atoms with Crippen molar-refractivity contribution in [3.05, 3.63) is 70.8 Å². The molecule has 5 nitrogen and oxygen atoms in total. The van der Waals surface area contributed by atoms with E-state index in [-0.39, 0.29) is 11.8 Å². The number of halogens is 5. The predicted octanol–water partition coefficient (Wildman–Crippen LogP) is 5.55. The summed E-state index contributed by atoms with van der Waals surface area (Å²) in [5.41, 5.74) is 0.690. The minimum absolute atomic E-state index is 0.0780. The zero-order valence-electron chi connectivity index (χ0n) is 14.8. The standard InChI is InChI=1S/C19H14Cl2F3N4O/c20-9-15-17(21)18(28-11-27-15)25-8-7-12-1-4-14(5-2-12)29-16-6-3-13(10-26-16)19(22,23)24/h1-6,10-11H,7-9H2. The van der Waals surface area contributed by atoms with Gasteiger partial charge in [-0.25, -0.2) is 15.0 Å². The minimum Gasteiger partial charge on any atom is -0.439 e. The smallest absolute Gasteiger partial charge is 0.417 e. The second-order valence-electron chi connectivity index (χ2n) is 5.85. The highest BCUT2D eigenvalue weighted by Crippen LogP contribution is 2.30. The van der Waals surface area contributed by atoms with Crippen LogP contribution in [-0.2, 0) is 18.5 Å². The summed E-state index contributed by atoms with van der Waals surface area (Å²) in [7, 11) is 0. The van der Waals surface area contributed by atoms with Gasteiger partial charge < -0.3 is 4.74 Å². The lowest BCUT2D eigenvalue weighted by atomic mass is 10.1. The molecule has 3 rings (SSSR count). The summed E-state index contributed by atoms with van der Waals surface area (Å²) in [6.45, 7) is 0.457. The second-order valence-corrected chi connectivity index (χ2v) is 6.50. The normalized spacial score (nSPS) is 11.3. The van der Waals surface area contributed by atoms with Gasteiger partial charge in [0.1, 0.15) is 17.1 Å². The van der Waals surface area contributed by atoms with E-state index in [2.05, 4.69) is 20.3 Å². The van der Waals surface area contributed by atoms with Crippen molar-refractivity contribution in [2.24, 2.45) is 0 Å². The maximum Gasteiger partial charge on any atom is 0.417 e. The van der Waals surface area contributed by atoms with Crippen molar-refractivity contribution in [2.75, 3.05) is 6.54 Å². The van der Waals surface area contributed by atoms with Gasteiger partial charge in [-0.05, 0) is 30.2 Å². The van der Waals surface area contributed by atoms with Gasteiger partial charge in [-0.1, -0.05) is 23.7 Å². The highest BCUT2D eigenvalue weighted by molar-refractivity contribution is 6.34. The summed E-state index contributed by atoms with van der Waals surface area (Å²) in [5, 5.41) is 4.70. The summed E-state index contributed by atoms with van der Waals surface area (Å²) in [5.74, 6) is 1.11. The zero-order valence-corrected chi connectivity index (χ0v) is 16.3. The Balaban J connectivity index is 1.54. The molecule has 0 unspecified atom stereocenters. The molecule has 29 heavy (non-hydrogen) atoms. The largest absolute Gasteiger partial charge is 0.439 e. The molecule has 0 saturated heterocycles.